The van der Waals surface area contributed by atoms with Gasteiger partial charge >= 0.3 is 0 Å². The van der Waals surface area contributed by atoms with Crippen molar-refractivity contribution in [2.75, 3.05) is 7.11 Å². The van der Waals surface area contributed by atoms with Crippen LogP contribution in [0.4, 0.5) is 0 Å². The third-order valence-electron chi connectivity index (χ3n) is 6.60. The largest absolute Gasteiger partial charge is 0.497 e. The van der Waals surface area contributed by atoms with E-state index in [0.717, 1.165) is 63.8 Å². The van der Waals surface area contributed by atoms with E-state index in [0.29, 0.717) is 5.69 Å². The van der Waals surface area contributed by atoms with Gasteiger partial charge in [-0.2, -0.15) is 5.10 Å². The van der Waals surface area contributed by atoms with Gasteiger partial charge in [0.05, 0.1) is 24.0 Å². The summed E-state index contributed by atoms with van der Waals surface area (Å²) in [6, 6.07) is 16.0. The number of carbonyl (C=O) groups is 1. The van der Waals surface area contributed by atoms with Gasteiger partial charge in [-0.1, -0.05) is 11.6 Å². The van der Waals surface area contributed by atoms with Gasteiger partial charge in [-0.3, -0.25) is 9.78 Å². The van der Waals surface area contributed by atoms with Crippen LogP contribution in [0.3, 0.4) is 0 Å². The van der Waals surface area contributed by atoms with E-state index in [9.17, 15) is 4.79 Å². The molecule has 7 nitrogen and oxygen atoms in total. The van der Waals surface area contributed by atoms with Gasteiger partial charge in [0, 0.05) is 34.7 Å². The number of fused-ring (bicyclic) bond motifs is 3. The molecule has 1 atom stereocenters. The van der Waals surface area contributed by atoms with Crippen LogP contribution in [0.2, 0.25) is 0 Å². The molecule has 5 aromatic rings. The molecule has 3 heterocycles. The first-order valence-corrected chi connectivity index (χ1v) is 11.5. The molecule has 1 aliphatic rings. The lowest BCUT2D eigenvalue weighted by Crippen LogP contribution is -2.38. The molecule has 0 aliphatic heterocycles. The molecular weight excluding hydrogens is 426 g/mol. The quantitative estimate of drug-likeness (QED) is 0.421. The number of hydrogen-bond donors (Lipinski definition) is 2. The van der Waals surface area contributed by atoms with Crippen molar-refractivity contribution in [3.8, 4) is 11.4 Å². The summed E-state index contributed by atoms with van der Waals surface area (Å²) in [4.78, 5) is 20.6. The fourth-order valence-electron chi connectivity index (χ4n) is 4.83. The Morgan fingerprint density at radius 3 is 2.97 bits per heavy atom. The number of ether oxygens (including phenoxy) is 1. The Balaban J connectivity index is 1.24. The van der Waals surface area contributed by atoms with Gasteiger partial charge in [-0.15, -0.1) is 0 Å². The zero-order valence-electron chi connectivity index (χ0n) is 19.1. The Morgan fingerprint density at radius 2 is 2.09 bits per heavy atom. The monoisotopic (exact) mass is 451 g/mol. The average molecular weight is 452 g/mol. The highest BCUT2D eigenvalue weighted by Gasteiger charge is 2.24. The number of benzene rings is 2. The lowest BCUT2D eigenvalue weighted by molar-refractivity contribution is 0.0929. The Bertz CT molecular complexity index is 1550. The molecule has 0 saturated heterocycles. The first-order valence-electron chi connectivity index (χ1n) is 11.5. The maximum Gasteiger partial charge on any atom is 0.267 e. The van der Waals surface area contributed by atoms with Crippen molar-refractivity contribution in [1.82, 2.24) is 25.1 Å². The summed E-state index contributed by atoms with van der Waals surface area (Å²) < 4.78 is 7.34. The summed E-state index contributed by atoms with van der Waals surface area (Å²) in [7, 11) is 1.66. The van der Waals surface area contributed by atoms with Crippen LogP contribution in [0.15, 0.2) is 60.9 Å². The number of carbonyl (C=O) groups excluding carboxylic acids is 1. The molecule has 170 valence electrons. The highest BCUT2D eigenvalue weighted by molar-refractivity contribution is 5.98. The summed E-state index contributed by atoms with van der Waals surface area (Å²) in [6.45, 7) is 2.05. The first-order chi connectivity index (χ1) is 16.6. The van der Waals surface area contributed by atoms with Crippen LogP contribution < -0.4 is 10.1 Å². The molecule has 6 rings (SSSR count). The molecule has 0 spiro atoms. The number of H-pyrrole nitrogens is 1. The highest BCUT2D eigenvalue weighted by atomic mass is 16.5. The number of aromatic nitrogens is 4. The molecule has 1 unspecified atom stereocenters. The van der Waals surface area contributed by atoms with Crippen LogP contribution in [0.5, 0.6) is 5.75 Å². The molecule has 0 radical (unpaired) electrons. The maximum absolute atomic E-state index is 12.9. The number of rotatable bonds is 4. The van der Waals surface area contributed by atoms with Gasteiger partial charge in [0.1, 0.15) is 11.4 Å². The number of hydrogen-bond acceptors (Lipinski definition) is 4. The van der Waals surface area contributed by atoms with Crippen molar-refractivity contribution < 1.29 is 9.53 Å². The highest BCUT2D eigenvalue weighted by Crippen LogP contribution is 2.28. The van der Waals surface area contributed by atoms with Gasteiger partial charge in [0.2, 0.25) is 0 Å². The van der Waals surface area contributed by atoms with Crippen LogP contribution in [-0.4, -0.2) is 38.8 Å². The van der Waals surface area contributed by atoms with Crippen molar-refractivity contribution in [1.29, 1.82) is 0 Å². The van der Waals surface area contributed by atoms with E-state index in [1.165, 1.54) is 5.56 Å². The topological polar surface area (TPSA) is 84.8 Å². The second-order valence-corrected chi connectivity index (χ2v) is 8.95. The minimum Gasteiger partial charge on any atom is -0.497 e. The molecule has 0 saturated carbocycles. The Morgan fingerprint density at radius 1 is 1.18 bits per heavy atom. The van der Waals surface area contributed by atoms with Gasteiger partial charge < -0.3 is 15.0 Å². The van der Waals surface area contributed by atoms with E-state index in [2.05, 4.69) is 34.5 Å². The van der Waals surface area contributed by atoms with Gasteiger partial charge in [0.15, 0.2) is 0 Å². The summed E-state index contributed by atoms with van der Waals surface area (Å²) in [5.41, 5.74) is 6.85. The van der Waals surface area contributed by atoms with Crippen LogP contribution >= 0.6 is 0 Å². The smallest absolute Gasteiger partial charge is 0.267 e. The zero-order valence-corrected chi connectivity index (χ0v) is 19.1. The van der Waals surface area contributed by atoms with Crippen molar-refractivity contribution >= 4 is 27.7 Å². The van der Waals surface area contributed by atoms with E-state index in [1.54, 1.807) is 13.3 Å². The molecule has 0 bridgehead atoms. The predicted octanol–water partition coefficient (Wildman–Crippen LogP) is 4.51. The first kappa shape index (κ1) is 20.5. The van der Waals surface area contributed by atoms with Crippen LogP contribution in [0.25, 0.3) is 27.5 Å². The number of aryl methyl sites for hydroxylation is 2. The summed E-state index contributed by atoms with van der Waals surface area (Å²) in [5, 5.41) is 10.1. The second-order valence-electron chi connectivity index (χ2n) is 8.95. The van der Waals surface area contributed by atoms with Gasteiger partial charge in [-0.05, 0) is 74.2 Å². The van der Waals surface area contributed by atoms with Crippen LogP contribution in [0, 0.1) is 6.92 Å². The molecular formula is C27H25N5O2. The number of nitrogens with zero attached hydrogens (tertiary/aromatic N) is 3. The van der Waals surface area contributed by atoms with E-state index in [1.807, 2.05) is 47.1 Å². The summed E-state index contributed by atoms with van der Waals surface area (Å²) in [5.74, 6) is 0.718. The molecule has 2 aromatic carbocycles. The summed E-state index contributed by atoms with van der Waals surface area (Å²) >= 11 is 0. The molecule has 1 aliphatic carbocycles. The van der Waals surface area contributed by atoms with E-state index in [-0.39, 0.29) is 11.9 Å². The van der Waals surface area contributed by atoms with Crippen molar-refractivity contribution in [2.24, 2.45) is 0 Å². The summed E-state index contributed by atoms with van der Waals surface area (Å²) in [6.07, 6.45) is 6.32. The molecule has 1 amide bonds. The van der Waals surface area contributed by atoms with E-state index in [4.69, 9.17) is 9.84 Å². The Hall–Kier alpha value is -4.13. The number of nitrogens with one attached hydrogen (secondary N) is 2. The molecule has 2 N–H and O–H groups in total. The normalized spacial score (nSPS) is 15.4. The number of methoxy groups -OCH3 is 1. The third kappa shape index (κ3) is 3.59. The molecule has 34 heavy (non-hydrogen) atoms. The van der Waals surface area contributed by atoms with Crippen molar-refractivity contribution in [2.45, 2.75) is 32.2 Å². The fraction of sp³-hybridized carbons (Fsp3) is 0.222. The lowest BCUT2D eigenvalue weighted by Gasteiger charge is -2.22. The minimum absolute atomic E-state index is 0.0677. The second kappa shape index (κ2) is 8.02. The Labute approximate surface area is 196 Å². The van der Waals surface area contributed by atoms with E-state index >= 15 is 0 Å². The van der Waals surface area contributed by atoms with Gasteiger partial charge in [-0.25, -0.2) is 4.68 Å². The Kier molecular flexibility index (Phi) is 4.83. The molecule has 0 fully saturated rings. The number of aromatic amines is 1. The van der Waals surface area contributed by atoms with Crippen LogP contribution in [0.1, 0.15) is 33.7 Å². The fourth-order valence-corrected chi connectivity index (χ4v) is 4.83. The molecule has 3 aromatic heterocycles. The van der Waals surface area contributed by atoms with Crippen molar-refractivity contribution in [3.63, 3.8) is 0 Å². The van der Waals surface area contributed by atoms with Crippen molar-refractivity contribution in [3.05, 3.63) is 83.4 Å². The van der Waals surface area contributed by atoms with Crippen LogP contribution in [-0.2, 0) is 12.8 Å². The number of amides is 1. The van der Waals surface area contributed by atoms with E-state index < -0.39 is 0 Å². The average Bonchev–Trinajstić information content (AvgIpc) is 3.47. The third-order valence-corrected chi connectivity index (χ3v) is 6.60. The lowest BCUT2D eigenvalue weighted by atomic mass is 9.93. The van der Waals surface area contributed by atoms with Gasteiger partial charge in [0.25, 0.3) is 5.91 Å². The maximum atomic E-state index is 12.9. The molecule has 7 heteroatoms. The zero-order chi connectivity index (χ0) is 23.2. The standard InChI is InChI=1S/C27H25N5O2/c1-16-3-6-22-17(11-16)13-25(30-22)27(33)29-19-4-7-23-18(12-19)15-32(31-23)26-9-10-28-24-8-5-20(34-2)14-21(24)26/h3,5-6,8-11,13-15,19,30H,4,7,12H2,1-2H3,(H,29,33). The SMILES string of the molecule is COc1ccc2nccc(-n3cc4c(n3)CCC(NC(=O)c3cc5cc(C)ccc5[nH]3)C4)c2c1. The number of pyridine rings is 1. The minimum atomic E-state index is -0.0677. The predicted molar refractivity (Wildman–Crippen MR) is 132 cm³/mol.